The van der Waals surface area contributed by atoms with Gasteiger partial charge in [0.15, 0.2) is 0 Å². The summed E-state index contributed by atoms with van der Waals surface area (Å²) in [5, 5.41) is 7.57. The molecule has 1 aromatic rings. The van der Waals surface area contributed by atoms with Crippen LogP contribution in [-0.2, 0) is 29.7 Å². The van der Waals surface area contributed by atoms with Crippen LogP contribution in [-0.4, -0.2) is 64.9 Å². The van der Waals surface area contributed by atoms with Gasteiger partial charge in [0, 0.05) is 12.3 Å². The lowest BCUT2D eigenvalue weighted by atomic mass is 10.1. The Kier molecular flexibility index (Phi) is 10.4. The molecule has 0 radical (unpaired) electrons. The minimum absolute atomic E-state index is 0.122. The molecule has 33 heavy (non-hydrogen) atoms. The fourth-order valence-corrected chi connectivity index (χ4v) is 4.48. The number of carbonyl (C=O) groups excluding carboxylic acids is 5. The third kappa shape index (κ3) is 7.59. The molecule has 1 saturated heterocycles. The van der Waals surface area contributed by atoms with Gasteiger partial charge in [-0.05, 0) is 38.7 Å². The molecule has 0 spiro atoms. The Balaban J connectivity index is 1.93. The number of hydrogen-bond acceptors (Lipinski definition) is 6. The second-order valence-electron chi connectivity index (χ2n) is 7.99. The zero-order valence-electron chi connectivity index (χ0n) is 19.2. The summed E-state index contributed by atoms with van der Waals surface area (Å²) >= 11 is 1.16. The van der Waals surface area contributed by atoms with Crippen molar-refractivity contribution in [3.05, 3.63) is 35.9 Å². The molecule has 2 rings (SSSR count). The lowest BCUT2D eigenvalue weighted by Gasteiger charge is -2.28. The largest absolute Gasteiger partial charge is 0.347 e. The molecular formula is C23H32N4O5S. The van der Waals surface area contributed by atoms with Gasteiger partial charge in [-0.1, -0.05) is 49.0 Å². The van der Waals surface area contributed by atoms with E-state index < -0.39 is 30.1 Å². The van der Waals surface area contributed by atoms with Gasteiger partial charge in [0.05, 0.1) is 6.04 Å². The van der Waals surface area contributed by atoms with Gasteiger partial charge in [-0.15, -0.1) is 0 Å². The smallest absolute Gasteiger partial charge is 0.245 e. The molecule has 0 bridgehead atoms. The molecule has 0 aliphatic carbocycles. The van der Waals surface area contributed by atoms with Crippen LogP contribution in [0, 0.1) is 0 Å². The first-order valence-corrected chi connectivity index (χ1v) is 12.1. The summed E-state index contributed by atoms with van der Waals surface area (Å²) in [6, 6.07) is 6.65. The van der Waals surface area contributed by atoms with E-state index in [1.54, 1.807) is 6.92 Å². The summed E-state index contributed by atoms with van der Waals surface area (Å²) in [6.45, 7) is 5.27. The fraction of sp³-hybridized carbons (Fsp3) is 0.522. The van der Waals surface area contributed by atoms with Crippen molar-refractivity contribution in [2.45, 2.75) is 70.0 Å². The maximum absolute atomic E-state index is 12.9. The maximum Gasteiger partial charge on any atom is 0.245 e. The first-order valence-electron chi connectivity index (χ1n) is 11.1. The number of carbonyl (C=O) groups is 5. The zero-order chi connectivity index (χ0) is 24.4. The van der Waals surface area contributed by atoms with Gasteiger partial charge >= 0.3 is 0 Å². The Morgan fingerprint density at radius 2 is 1.82 bits per heavy atom. The lowest BCUT2D eigenvalue weighted by molar-refractivity contribution is -0.141. The minimum atomic E-state index is -0.855. The predicted octanol–water partition coefficient (Wildman–Crippen LogP) is 0.971. The van der Waals surface area contributed by atoms with Gasteiger partial charge in [0.25, 0.3) is 0 Å². The number of rotatable bonds is 11. The first kappa shape index (κ1) is 26.4. The van der Waals surface area contributed by atoms with Crippen LogP contribution in [0.4, 0.5) is 0 Å². The molecule has 1 aromatic carbocycles. The highest BCUT2D eigenvalue weighted by Gasteiger charge is 2.37. The van der Waals surface area contributed by atoms with Gasteiger partial charge in [-0.25, -0.2) is 0 Å². The Morgan fingerprint density at radius 1 is 1.12 bits per heavy atom. The van der Waals surface area contributed by atoms with E-state index >= 15 is 0 Å². The van der Waals surface area contributed by atoms with Crippen LogP contribution in [0.2, 0.25) is 0 Å². The summed E-state index contributed by atoms with van der Waals surface area (Å²) in [5.41, 5.74) is 1.03. The summed E-state index contributed by atoms with van der Waals surface area (Å²) in [6.07, 6.45) is 2.01. The van der Waals surface area contributed by atoms with E-state index in [0.717, 1.165) is 17.3 Å². The predicted molar refractivity (Wildman–Crippen MR) is 126 cm³/mol. The van der Waals surface area contributed by atoms with Crippen molar-refractivity contribution in [2.75, 3.05) is 6.54 Å². The van der Waals surface area contributed by atoms with Crippen molar-refractivity contribution < 1.29 is 24.0 Å². The molecule has 1 aliphatic heterocycles. The van der Waals surface area contributed by atoms with E-state index in [0.29, 0.717) is 38.0 Å². The van der Waals surface area contributed by atoms with Gasteiger partial charge in [-0.2, -0.15) is 0 Å². The molecule has 0 saturated carbocycles. The van der Waals surface area contributed by atoms with Crippen LogP contribution in [0.25, 0.3) is 0 Å². The second kappa shape index (κ2) is 13.0. The van der Waals surface area contributed by atoms with Crippen LogP contribution in [0.15, 0.2) is 30.3 Å². The van der Waals surface area contributed by atoms with E-state index in [9.17, 15) is 24.0 Å². The topological polar surface area (TPSA) is 125 Å². The molecule has 1 heterocycles. The van der Waals surface area contributed by atoms with Crippen LogP contribution in [0.5, 0.6) is 0 Å². The number of nitrogens with one attached hydrogen (secondary N) is 3. The summed E-state index contributed by atoms with van der Waals surface area (Å²) < 4.78 is 0. The molecule has 180 valence electrons. The Hall–Kier alpha value is -2.88. The van der Waals surface area contributed by atoms with E-state index in [4.69, 9.17) is 0 Å². The van der Waals surface area contributed by atoms with Crippen molar-refractivity contribution >= 4 is 41.0 Å². The highest BCUT2D eigenvalue weighted by Crippen LogP contribution is 2.20. The lowest BCUT2D eigenvalue weighted by Crippen LogP contribution is -2.55. The molecular weight excluding hydrogens is 444 g/mol. The third-order valence-corrected chi connectivity index (χ3v) is 6.56. The summed E-state index contributed by atoms with van der Waals surface area (Å²) in [4.78, 5) is 62.5. The van der Waals surface area contributed by atoms with Crippen LogP contribution in [0.3, 0.4) is 0 Å². The molecule has 4 atom stereocenters. The van der Waals surface area contributed by atoms with Crippen molar-refractivity contribution in [3.63, 3.8) is 0 Å². The highest BCUT2D eigenvalue weighted by atomic mass is 32.2. The minimum Gasteiger partial charge on any atom is -0.347 e. The average molecular weight is 477 g/mol. The van der Waals surface area contributed by atoms with Crippen molar-refractivity contribution in [3.8, 4) is 0 Å². The molecule has 0 unspecified atom stereocenters. The van der Waals surface area contributed by atoms with Crippen molar-refractivity contribution in [1.82, 2.24) is 20.9 Å². The number of likely N-dealkylation sites (tertiary alicyclic amines) is 1. The standard InChI is InChI=1S/C23H32N4O5S/c1-4-18(23(32)33-13-17-9-6-5-7-10-17)26-21(30)19-11-8-12-27(19)22(31)16(3)25-20(29)15(2)24-14-28/h5-7,9-10,14-16,18-19H,4,8,11-13H2,1-3H3,(H,24,28)(H,25,29)(H,26,30)/t15-,16-,18-,19-/m0/s1. The van der Waals surface area contributed by atoms with Crippen molar-refractivity contribution in [1.29, 1.82) is 0 Å². The molecule has 3 N–H and O–H groups in total. The van der Waals surface area contributed by atoms with E-state index in [1.807, 2.05) is 37.3 Å². The SMILES string of the molecule is CC[C@H](NC(=O)[C@@H]1CCCN1C(=O)[C@H](C)NC(=O)[C@H](C)NC=O)C(=O)SCc1ccccc1. The first-order chi connectivity index (χ1) is 15.8. The van der Waals surface area contributed by atoms with Gasteiger partial charge < -0.3 is 20.9 Å². The third-order valence-electron chi connectivity index (χ3n) is 5.51. The van der Waals surface area contributed by atoms with Gasteiger partial charge in [0.2, 0.25) is 29.2 Å². The number of nitrogens with zero attached hydrogens (tertiary/aromatic N) is 1. The van der Waals surface area contributed by atoms with Crippen LogP contribution < -0.4 is 16.0 Å². The molecule has 0 aromatic heterocycles. The fourth-order valence-electron chi connectivity index (χ4n) is 3.55. The quantitative estimate of drug-likeness (QED) is 0.409. The number of thioether (sulfide) groups is 1. The Labute approximate surface area is 198 Å². The number of benzene rings is 1. The number of amides is 4. The molecule has 1 fully saturated rings. The Bertz CT molecular complexity index is 851. The number of hydrogen-bond donors (Lipinski definition) is 3. The monoisotopic (exact) mass is 476 g/mol. The summed E-state index contributed by atoms with van der Waals surface area (Å²) in [7, 11) is 0. The van der Waals surface area contributed by atoms with Gasteiger partial charge in [0.1, 0.15) is 18.1 Å². The maximum atomic E-state index is 12.9. The highest BCUT2D eigenvalue weighted by molar-refractivity contribution is 8.13. The van der Waals surface area contributed by atoms with E-state index in [-0.39, 0.29) is 16.9 Å². The van der Waals surface area contributed by atoms with E-state index in [2.05, 4.69) is 16.0 Å². The normalized spacial score (nSPS) is 18.0. The Morgan fingerprint density at radius 3 is 2.45 bits per heavy atom. The zero-order valence-corrected chi connectivity index (χ0v) is 20.0. The molecule has 10 heteroatoms. The molecule has 9 nitrogen and oxygen atoms in total. The van der Waals surface area contributed by atoms with Gasteiger partial charge in [-0.3, -0.25) is 24.0 Å². The van der Waals surface area contributed by atoms with E-state index in [1.165, 1.54) is 11.8 Å². The summed E-state index contributed by atoms with van der Waals surface area (Å²) in [5.74, 6) is -0.711. The molecule has 1 aliphatic rings. The average Bonchev–Trinajstić information content (AvgIpc) is 3.31. The second-order valence-corrected chi connectivity index (χ2v) is 8.97. The van der Waals surface area contributed by atoms with Crippen molar-refractivity contribution in [2.24, 2.45) is 0 Å². The van der Waals surface area contributed by atoms with Crippen LogP contribution >= 0.6 is 11.8 Å². The molecule has 4 amide bonds. The van der Waals surface area contributed by atoms with Crippen LogP contribution in [0.1, 0.15) is 45.6 Å².